The molecule has 1 aliphatic carbocycles. The van der Waals surface area contributed by atoms with Crippen molar-refractivity contribution in [3.63, 3.8) is 0 Å². The molecule has 0 radical (unpaired) electrons. The summed E-state index contributed by atoms with van der Waals surface area (Å²) in [6.07, 6.45) is 2.74. The van der Waals surface area contributed by atoms with E-state index in [0.29, 0.717) is 17.2 Å². The molecule has 0 saturated heterocycles. The largest absolute Gasteiger partial charge is 0.493 e. The number of rotatable bonds is 3. The first kappa shape index (κ1) is 15.4. The van der Waals surface area contributed by atoms with E-state index in [9.17, 15) is 4.79 Å². The Morgan fingerprint density at radius 1 is 0.870 bits per heavy atom. The van der Waals surface area contributed by atoms with E-state index in [2.05, 4.69) is 0 Å². The van der Waals surface area contributed by atoms with Crippen LogP contribution in [0.3, 0.4) is 0 Å². The summed E-state index contributed by atoms with van der Waals surface area (Å²) >= 11 is 0. The Balaban J connectivity index is 2.40. The summed E-state index contributed by atoms with van der Waals surface area (Å²) in [5.41, 5.74) is 4.24. The van der Waals surface area contributed by atoms with Gasteiger partial charge in [0.1, 0.15) is 0 Å². The Labute approximate surface area is 135 Å². The van der Waals surface area contributed by atoms with Gasteiger partial charge in [-0.1, -0.05) is 12.1 Å². The number of aryl methyl sites for hydroxylation is 2. The van der Waals surface area contributed by atoms with Crippen LogP contribution in [0.5, 0.6) is 17.2 Å². The van der Waals surface area contributed by atoms with Crippen molar-refractivity contribution in [1.29, 1.82) is 0 Å². The van der Waals surface area contributed by atoms with Crippen LogP contribution in [0.2, 0.25) is 0 Å². The van der Waals surface area contributed by atoms with Crippen LogP contribution in [0.4, 0.5) is 0 Å². The van der Waals surface area contributed by atoms with Gasteiger partial charge in [0, 0.05) is 5.56 Å². The lowest BCUT2D eigenvalue weighted by molar-refractivity contribution is 0.324. The molecule has 0 N–H and O–H groups in total. The Hall–Kier alpha value is -2.49. The quantitative estimate of drug-likeness (QED) is 0.873. The fraction of sp³-hybridized carbons (Fsp3) is 0.316. The number of methoxy groups -OCH3 is 3. The molecule has 0 unspecified atom stereocenters. The smallest absolute Gasteiger partial charge is 0.203 e. The lowest BCUT2D eigenvalue weighted by atomic mass is 9.96. The first-order valence-corrected chi connectivity index (χ1v) is 7.65. The summed E-state index contributed by atoms with van der Waals surface area (Å²) in [6, 6.07) is 9.10. The van der Waals surface area contributed by atoms with Crippen LogP contribution in [0.25, 0.3) is 11.1 Å². The predicted octanol–water partition coefficient (Wildman–Crippen LogP) is 3.23. The van der Waals surface area contributed by atoms with Crippen LogP contribution in [-0.2, 0) is 12.8 Å². The molecule has 4 heteroatoms. The lowest BCUT2D eigenvalue weighted by Gasteiger charge is -2.19. The minimum atomic E-state index is 0.0224. The third kappa shape index (κ3) is 2.65. The monoisotopic (exact) mass is 312 g/mol. The zero-order chi connectivity index (χ0) is 16.4. The molecule has 1 aliphatic rings. The van der Waals surface area contributed by atoms with Crippen LogP contribution >= 0.6 is 0 Å². The third-order valence-electron chi connectivity index (χ3n) is 4.26. The predicted molar refractivity (Wildman–Crippen MR) is 89.8 cm³/mol. The standard InChI is InChI=1S/C19H20O4/c1-21-16-11-13-7-4-6-12-10-14(20)8-5-9-15(12)17(13)19(23-3)18(16)22-2/h5,8-11H,4,6-7H2,1-3H3. The summed E-state index contributed by atoms with van der Waals surface area (Å²) in [6.45, 7) is 0. The fourth-order valence-electron chi connectivity index (χ4n) is 3.26. The molecule has 0 aromatic heterocycles. The van der Waals surface area contributed by atoms with Crippen LogP contribution in [0.1, 0.15) is 17.5 Å². The highest BCUT2D eigenvalue weighted by atomic mass is 16.5. The molecule has 23 heavy (non-hydrogen) atoms. The number of ether oxygens (including phenoxy) is 3. The van der Waals surface area contributed by atoms with Gasteiger partial charge in [-0.15, -0.1) is 0 Å². The topological polar surface area (TPSA) is 44.8 Å². The van der Waals surface area contributed by atoms with Crippen molar-refractivity contribution in [2.75, 3.05) is 21.3 Å². The summed E-state index contributed by atoms with van der Waals surface area (Å²) in [5, 5.41) is 0. The number of hydrogen-bond acceptors (Lipinski definition) is 4. The minimum absolute atomic E-state index is 0.0224. The molecule has 0 heterocycles. The molecule has 0 bridgehead atoms. The maximum Gasteiger partial charge on any atom is 0.203 e. The number of benzene rings is 1. The van der Waals surface area contributed by atoms with Gasteiger partial charge in [-0.05, 0) is 54.2 Å². The second-order valence-corrected chi connectivity index (χ2v) is 5.54. The first-order valence-electron chi connectivity index (χ1n) is 7.65. The Kier molecular flexibility index (Phi) is 4.24. The maximum atomic E-state index is 11.9. The van der Waals surface area contributed by atoms with Crippen molar-refractivity contribution in [2.24, 2.45) is 0 Å². The van der Waals surface area contributed by atoms with Gasteiger partial charge in [-0.25, -0.2) is 0 Å². The van der Waals surface area contributed by atoms with Crippen LogP contribution < -0.4 is 19.6 Å². The zero-order valence-corrected chi connectivity index (χ0v) is 13.6. The molecule has 3 rings (SSSR count). The summed E-state index contributed by atoms with van der Waals surface area (Å²) < 4.78 is 16.6. The van der Waals surface area contributed by atoms with E-state index in [4.69, 9.17) is 14.2 Å². The van der Waals surface area contributed by atoms with E-state index < -0.39 is 0 Å². The molecule has 4 nitrogen and oxygen atoms in total. The highest BCUT2D eigenvalue weighted by Crippen LogP contribution is 2.48. The van der Waals surface area contributed by atoms with Crippen LogP contribution in [0, 0.1) is 0 Å². The maximum absolute atomic E-state index is 11.9. The third-order valence-corrected chi connectivity index (χ3v) is 4.26. The van der Waals surface area contributed by atoms with Gasteiger partial charge in [-0.2, -0.15) is 0 Å². The van der Waals surface area contributed by atoms with Crippen molar-refractivity contribution < 1.29 is 14.2 Å². The first-order chi connectivity index (χ1) is 11.2. The summed E-state index contributed by atoms with van der Waals surface area (Å²) in [5.74, 6) is 1.90. The summed E-state index contributed by atoms with van der Waals surface area (Å²) in [4.78, 5) is 11.9. The molecule has 2 aromatic carbocycles. The second kappa shape index (κ2) is 6.32. The van der Waals surface area contributed by atoms with Crippen molar-refractivity contribution >= 4 is 0 Å². The van der Waals surface area contributed by atoms with Gasteiger partial charge in [0.05, 0.1) is 21.3 Å². The highest BCUT2D eigenvalue weighted by Gasteiger charge is 2.24. The van der Waals surface area contributed by atoms with Crippen molar-refractivity contribution in [3.05, 3.63) is 51.7 Å². The molecular weight excluding hydrogens is 292 g/mol. The zero-order valence-electron chi connectivity index (χ0n) is 13.6. The fourth-order valence-corrected chi connectivity index (χ4v) is 3.26. The van der Waals surface area contributed by atoms with Crippen molar-refractivity contribution in [1.82, 2.24) is 0 Å². The van der Waals surface area contributed by atoms with Gasteiger partial charge in [0.2, 0.25) is 5.75 Å². The van der Waals surface area contributed by atoms with Crippen LogP contribution in [-0.4, -0.2) is 21.3 Å². The highest BCUT2D eigenvalue weighted by molar-refractivity contribution is 5.82. The molecule has 0 spiro atoms. The Morgan fingerprint density at radius 3 is 2.30 bits per heavy atom. The van der Waals surface area contributed by atoms with Gasteiger partial charge in [0.15, 0.2) is 16.9 Å². The van der Waals surface area contributed by atoms with Crippen LogP contribution in [0.15, 0.2) is 35.1 Å². The molecule has 0 amide bonds. The lowest BCUT2D eigenvalue weighted by Crippen LogP contribution is -2.00. The van der Waals surface area contributed by atoms with Gasteiger partial charge >= 0.3 is 0 Å². The van der Waals surface area contributed by atoms with E-state index in [1.54, 1.807) is 39.5 Å². The molecule has 0 aliphatic heterocycles. The van der Waals surface area contributed by atoms with E-state index in [1.165, 1.54) is 0 Å². The minimum Gasteiger partial charge on any atom is -0.493 e. The number of fused-ring (bicyclic) bond motifs is 3. The Morgan fingerprint density at radius 2 is 1.61 bits per heavy atom. The van der Waals surface area contributed by atoms with E-state index >= 15 is 0 Å². The average Bonchev–Trinajstić information content (AvgIpc) is 2.83. The number of hydrogen-bond donors (Lipinski definition) is 0. The van der Waals surface area contributed by atoms with Crippen molar-refractivity contribution in [3.8, 4) is 28.4 Å². The SMILES string of the molecule is COc1cc2c(c(OC)c1OC)-c1cccc(=O)cc1CCC2. The molecule has 0 atom stereocenters. The van der Waals surface area contributed by atoms with Gasteiger partial charge < -0.3 is 14.2 Å². The van der Waals surface area contributed by atoms with E-state index in [0.717, 1.165) is 41.5 Å². The molecule has 120 valence electrons. The molecule has 0 fully saturated rings. The molecule has 0 saturated carbocycles. The van der Waals surface area contributed by atoms with E-state index in [-0.39, 0.29) is 5.43 Å². The van der Waals surface area contributed by atoms with E-state index in [1.807, 2.05) is 12.1 Å². The van der Waals surface area contributed by atoms with Gasteiger partial charge in [-0.3, -0.25) is 4.79 Å². The molecular formula is C19H20O4. The average molecular weight is 312 g/mol. The van der Waals surface area contributed by atoms with Gasteiger partial charge in [0.25, 0.3) is 0 Å². The Bertz CT molecular complexity index is 796. The second-order valence-electron chi connectivity index (χ2n) is 5.54. The van der Waals surface area contributed by atoms with Crippen molar-refractivity contribution in [2.45, 2.75) is 19.3 Å². The normalized spacial score (nSPS) is 12.7. The summed E-state index contributed by atoms with van der Waals surface area (Å²) in [7, 11) is 4.85. The molecule has 2 aromatic rings.